The standard InChI is InChI=1S/C20H18N2O4.C8H10N2O.Y/c23-11-14-3-1-13(2-4-14)10-22(16-6-7-16)20(25)15-5-8-17-18(9-15)26-12-19(24)21-17;1-10-7-4-2-6(3-5-7)8(9)11;/h1-5,8-9,11,16H,6-7,10,12H2,(H,21,24);2-5H,1H3,(H3,9,10,11);/p-1. The van der Waals surface area contributed by atoms with Gasteiger partial charge in [-0.15, -0.1) is 0 Å². The first kappa shape index (κ1) is 29.0. The maximum atomic E-state index is 13.0. The monoisotopic (exact) mass is 588 g/mol. The third kappa shape index (κ3) is 7.49. The van der Waals surface area contributed by atoms with Crippen molar-refractivity contribution in [2.45, 2.75) is 25.4 Å². The Morgan fingerprint density at radius 1 is 1.05 bits per heavy atom. The van der Waals surface area contributed by atoms with Crippen LogP contribution in [0.1, 0.15) is 49.5 Å². The van der Waals surface area contributed by atoms with E-state index in [-0.39, 0.29) is 57.2 Å². The van der Waals surface area contributed by atoms with Crippen molar-refractivity contribution >= 4 is 35.4 Å². The minimum absolute atomic E-state index is 0. The first-order valence-electron chi connectivity index (χ1n) is 11.8. The molecule has 1 heterocycles. The van der Waals surface area contributed by atoms with E-state index in [1.807, 2.05) is 17.0 Å². The fourth-order valence-corrected chi connectivity index (χ4v) is 3.81. The first-order valence-corrected chi connectivity index (χ1v) is 11.8. The minimum Gasteiger partial charge on any atom is -0.664 e. The zero-order chi connectivity index (χ0) is 26.4. The fourth-order valence-electron chi connectivity index (χ4n) is 3.81. The summed E-state index contributed by atoms with van der Waals surface area (Å²) in [5.41, 5.74) is 10.9. The third-order valence-electron chi connectivity index (χ3n) is 6.01. The molecule has 1 fully saturated rings. The van der Waals surface area contributed by atoms with Crippen LogP contribution in [0.25, 0.3) is 5.73 Å². The van der Waals surface area contributed by atoms with Crippen molar-refractivity contribution in [1.82, 2.24) is 4.90 Å². The Morgan fingerprint density at radius 2 is 1.71 bits per heavy atom. The molecule has 193 valence electrons. The van der Waals surface area contributed by atoms with Gasteiger partial charge in [-0.3, -0.25) is 14.4 Å². The van der Waals surface area contributed by atoms with Crippen molar-refractivity contribution in [3.63, 3.8) is 0 Å². The predicted molar refractivity (Wildman–Crippen MR) is 140 cm³/mol. The summed E-state index contributed by atoms with van der Waals surface area (Å²) in [6.07, 6.45) is 2.80. The van der Waals surface area contributed by atoms with Crippen LogP contribution in [-0.4, -0.2) is 48.6 Å². The smallest absolute Gasteiger partial charge is 0.262 e. The van der Waals surface area contributed by atoms with Crippen molar-refractivity contribution in [3.05, 3.63) is 94.7 Å². The molecule has 1 saturated carbocycles. The molecule has 0 unspecified atom stereocenters. The second-order valence-corrected chi connectivity index (χ2v) is 8.73. The summed E-state index contributed by atoms with van der Waals surface area (Å²) in [6, 6.07) is 19.4. The molecule has 1 aliphatic carbocycles. The Labute approximate surface area is 246 Å². The molecule has 1 aliphatic heterocycles. The molecule has 38 heavy (non-hydrogen) atoms. The summed E-state index contributed by atoms with van der Waals surface area (Å²) in [4.78, 5) is 47.5. The number of nitrogens with one attached hydrogen (secondary N) is 3. The maximum absolute atomic E-state index is 13.0. The van der Waals surface area contributed by atoms with Gasteiger partial charge in [0.1, 0.15) is 12.0 Å². The summed E-state index contributed by atoms with van der Waals surface area (Å²) >= 11 is 0. The number of aldehydes is 1. The van der Waals surface area contributed by atoms with E-state index in [1.165, 1.54) is 0 Å². The second-order valence-electron chi connectivity index (χ2n) is 8.73. The summed E-state index contributed by atoms with van der Waals surface area (Å²) in [5.74, 6) is -0.389. The van der Waals surface area contributed by atoms with E-state index >= 15 is 0 Å². The van der Waals surface area contributed by atoms with E-state index in [9.17, 15) is 19.2 Å². The van der Waals surface area contributed by atoms with Crippen LogP contribution in [0.2, 0.25) is 0 Å². The van der Waals surface area contributed by atoms with Crippen molar-refractivity contribution in [2.75, 3.05) is 24.3 Å². The summed E-state index contributed by atoms with van der Waals surface area (Å²) in [5, 5.41) is 5.64. The van der Waals surface area contributed by atoms with E-state index in [1.54, 1.807) is 61.6 Å². The molecule has 0 spiro atoms. The van der Waals surface area contributed by atoms with Crippen LogP contribution in [0.15, 0.2) is 66.7 Å². The van der Waals surface area contributed by atoms with Gasteiger partial charge in [-0.1, -0.05) is 36.4 Å². The van der Waals surface area contributed by atoms with Crippen molar-refractivity contribution in [3.8, 4) is 5.75 Å². The number of anilines is 2. The summed E-state index contributed by atoms with van der Waals surface area (Å²) < 4.78 is 5.41. The molecule has 0 atom stereocenters. The minimum atomic E-state index is -0.646. The third-order valence-corrected chi connectivity index (χ3v) is 6.01. The molecule has 3 aromatic rings. The second kappa shape index (κ2) is 13.3. The molecule has 0 bridgehead atoms. The number of carbonyl (C=O) groups is 4. The van der Waals surface area contributed by atoms with Crippen LogP contribution >= 0.6 is 0 Å². The maximum Gasteiger partial charge on any atom is 0.262 e. The number of benzene rings is 3. The number of hydrogen-bond donors (Lipinski definition) is 2. The number of nitrogens with zero attached hydrogens (tertiary/aromatic N) is 1. The van der Waals surface area contributed by atoms with E-state index in [2.05, 4.69) is 10.6 Å². The van der Waals surface area contributed by atoms with Crippen LogP contribution in [0, 0.1) is 0 Å². The van der Waals surface area contributed by atoms with E-state index in [0.29, 0.717) is 34.7 Å². The van der Waals surface area contributed by atoms with Gasteiger partial charge in [-0.2, -0.15) is 0 Å². The molecule has 0 aromatic heterocycles. The first-order chi connectivity index (χ1) is 17.9. The number of amides is 3. The average molecular weight is 588 g/mol. The molecule has 2 aliphatic rings. The van der Waals surface area contributed by atoms with Gasteiger partial charge in [-0.05, 0) is 54.3 Å². The molecular weight excluding hydrogens is 561 g/mol. The average Bonchev–Trinajstić information content (AvgIpc) is 3.77. The number of carbonyl (C=O) groups excluding carboxylic acids is 4. The topological polar surface area (TPSA) is 129 Å². The van der Waals surface area contributed by atoms with Crippen LogP contribution in [-0.2, 0) is 44.0 Å². The number of hydrogen-bond acceptors (Lipinski definition) is 6. The van der Waals surface area contributed by atoms with Crippen LogP contribution in [0.4, 0.5) is 11.4 Å². The zero-order valence-electron chi connectivity index (χ0n) is 20.9. The molecular formula is C28H27N4O5Y-. The Kier molecular flexibility index (Phi) is 10.2. The van der Waals surface area contributed by atoms with Gasteiger partial charge in [-0.25, -0.2) is 0 Å². The Morgan fingerprint density at radius 3 is 2.29 bits per heavy atom. The van der Waals surface area contributed by atoms with Crippen LogP contribution in [0.5, 0.6) is 5.75 Å². The molecule has 1 radical (unpaired) electrons. The number of ether oxygens (including phenoxy) is 1. The van der Waals surface area contributed by atoms with E-state index < -0.39 is 5.91 Å². The van der Waals surface area contributed by atoms with Gasteiger partial charge < -0.3 is 30.8 Å². The van der Waals surface area contributed by atoms with Crippen LogP contribution < -0.4 is 15.4 Å². The van der Waals surface area contributed by atoms with Crippen molar-refractivity contribution in [1.29, 1.82) is 0 Å². The predicted octanol–water partition coefficient (Wildman–Crippen LogP) is 4.55. The molecule has 0 saturated heterocycles. The fraction of sp³-hybridized carbons (Fsp3) is 0.214. The van der Waals surface area contributed by atoms with Gasteiger partial charge in [0, 0.05) is 69.2 Å². The van der Waals surface area contributed by atoms with Gasteiger partial charge >= 0.3 is 0 Å². The van der Waals surface area contributed by atoms with E-state index in [0.717, 1.165) is 30.4 Å². The molecule has 9 nitrogen and oxygen atoms in total. The van der Waals surface area contributed by atoms with Crippen molar-refractivity contribution < 1.29 is 56.6 Å². The zero-order valence-corrected chi connectivity index (χ0v) is 23.7. The Bertz CT molecular complexity index is 1310. The van der Waals surface area contributed by atoms with Gasteiger partial charge in [0.25, 0.3) is 11.8 Å². The molecule has 3 N–H and O–H groups in total. The Balaban J connectivity index is 0.000000282. The van der Waals surface area contributed by atoms with Gasteiger partial charge in [0.05, 0.1) is 11.6 Å². The quantitative estimate of drug-likeness (QED) is 0.390. The van der Waals surface area contributed by atoms with Gasteiger partial charge in [0.2, 0.25) is 0 Å². The Hall–Kier alpha value is -3.56. The SMILES string of the molecule is CNc1ccc(C([NH-])=O)cc1.O=Cc1ccc(CN(C(=O)c2ccc3c(c2)OCC(=O)N3)C2CC2)cc1.[Y]. The van der Waals surface area contributed by atoms with Crippen molar-refractivity contribution in [2.24, 2.45) is 0 Å². The van der Waals surface area contributed by atoms with E-state index in [4.69, 9.17) is 10.5 Å². The molecule has 5 rings (SSSR count). The van der Waals surface area contributed by atoms with Gasteiger partial charge in [0.15, 0.2) is 6.61 Å². The largest absolute Gasteiger partial charge is 0.664 e. The molecule has 3 amide bonds. The molecule has 10 heteroatoms. The number of fused-ring (bicyclic) bond motifs is 1. The van der Waals surface area contributed by atoms with Crippen LogP contribution in [0.3, 0.4) is 0 Å². The normalized spacial score (nSPS) is 13.2. The number of rotatable bonds is 7. The summed E-state index contributed by atoms with van der Waals surface area (Å²) in [6.45, 7) is 0.456. The summed E-state index contributed by atoms with van der Waals surface area (Å²) in [7, 11) is 1.80. The molecule has 3 aromatic carbocycles.